The smallest absolute Gasteiger partial charge is 0.162 e. The summed E-state index contributed by atoms with van der Waals surface area (Å²) in [7, 11) is 2.15. The van der Waals surface area contributed by atoms with Crippen LogP contribution in [0.5, 0.6) is 0 Å². The topological polar surface area (TPSA) is 33.7 Å². The molecule has 1 saturated heterocycles. The minimum Gasteiger partial charge on any atom is -0.351 e. The molecule has 0 unspecified atom stereocenters. The number of likely N-dealkylation sites (N-methyl/N-ethyl adjacent to an activating group) is 1. The van der Waals surface area contributed by atoms with Gasteiger partial charge in [0.15, 0.2) is 5.79 Å². The van der Waals surface area contributed by atoms with Crippen molar-refractivity contribution in [3.8, 4) is 0 Å². The molecule has 0 amide bonds. The van der Waals surface area contributed by atoms with Crippen LogP contribution in [-0.2, 0) is 9.47 Å². The number of ether oxygens (including phenoxy) is 2. The van der Waals surface area contributed by atoms with Crippen molar-refractivity contribution in [1.29, 1.82) is 0 Å². The highest BCUT2D eigenvalue weighted by molar-refractivity contribution is 4.82. The number of nitrogens with one attached hydrogen (secondary N) is 1. The largest absolute Gasteiger partial charge is 0.351 e. The average molecular weight is 677 g/mol. The molecule has 0 aromatic rings. The Labute approximate surface area is 303 Å². The van der Waals surface area contributed by atoms with Gasteiger partial charge in [-0.2, -0.15) is 0 Å². The number of piperazine rings is 1. The Bertz CT molecular complexity index is 610. The lowest BCUT2D eigenvalue weighted by Crippen LogP contribution is -2.40. The van der Waals surface area contributed by atoms with Crippen LogP contribution in [0.25, 0.3) is 0 Å². The van der Waals surface area contributed by atoms with Crippen molar-refractivity contribution in [3.05, 3.63) is 24.3 Å². The van der Waals surface area contributed by atoms with Gasteiger partial charge in [-0.25, -0.2) is 0 Å². The first-order valence-corrected chi connectivity index (χ1v) is 21.5. The molecule has 4 nitrogen and oxygen atoms in total. The van der Waals surface area contributed by atoms with E-state index in [1.54, 1.807) is 0 Å². The first-order chi connectivity index (χ1) is 23.5. The first kappa shape index (κ1) is 47.3. The molecule has 1 heterocycles. The van der Waals surface area contributed by atoms with Crippen molar-refractivity contribution in [2.75, 3.05) is 46.4 Å². The van der Waals surface area contributed by atoms with E-state index in [0.29, 0.717) is 0 Å². The van der Waals surface area contributed by atoms with Crippen LogP contribution in [0.15, 0.2) is 24.3 Å². The molecule has 0 radical (unpaired) electrons. The molecule has 1 aliphatic rings. The molecule has 0 aliphatic carbocycles. The lowest BCUT2D eigenvalue weighted by molar-refractivity contribution is -0.214. The Balaban J connectivity index is 0.00000277. The van der Waals surface area contributed by atoms with Crippen LogP contribution in [0.1, 0.15) is 207 Å². The van der Waals surface area contributed by atoms with Crippen molar-refractivity contribution in [2.45, 2.75) is 213 Å². The van der Waals surface area contributed by atoms with Gasteiger partial charge in [0.05, 0.1) is 0 Å². The van der Waals surface area contributed by atoms with E-state index in [4.69, 9.17) is 9.47 Å². The van der Waals surface area contributed by atoms with E-state index in [9.17, 15) is 0 Å². The van der Waals surface area contributed by atoms with Crippen molar-refractivity contribution < 1.29 is 9.47 Å². The summed E-state index contributed by atoms with van der Waals surface area (Å²) in [5, 5.41) is 3.27. The summed E-state index contributed by atoms with van der Waals surface area (Å²) in [5.41, 5.74) is 0. The zero-order chi connectivity index (χ0) is 35.1. The Morgan fingerprint density at radius 1 is 0.458 bits per heavy atom. The molecule has 1 N–H and O–H groups in total. The molecule has 0 bridgehead atoms. The van der Waals surface area contributed by atoms with E-state index in [-0.39, 0.29) is 0 Å². The zero-order valence-corrected chi connectivity index (χ0v) is 33.6. The fourth-order valence-electron chi connectivity index (χ4n) is 6.15. The normalized spacial score (nSPS) is 14.3. The van der Waals surface area contributed by atoms with E-state index in [1.165, 1.54) is 180 Å². The highest BCUT2D eigenvalue weighted by Gasteiger charge is 2.18. The molecular formula is C44H88N2O2. The lowest BCUT2D eigenvalue weighted by Gasteiger charge is -2.25. The second kappa shape index (κ2) is 39.1. The summed E-state index contributed by atoms with van der Waals surface area (Å²) in [6, 6.07) is 0. The average Bonchev–Trinajstić information content (AvgIpc) is 3.08. The van der Waals surface area contributed by atoms with E-state index in [0.717, 1.165) is 39.1 Å². The van der Waals surface area contributed by atoms with Crippen LogP contribution >= 0.6 is 0 Å². The van der Waals surface area contributed by atoms with Crippen LogP contribution in [0.2, 0.25) is 0 Å². The van der Waals surface area contributed by atoms with E-state index in [1.807, 2.05) is 0 Å². The molecule has 0 aromatic carbocycles. The predicted octanol–water partition coefficient (Wildman–Crippen LogP) is 13.4. The molecule has 1 fully saturated rings. The zero-order valence-electron chi connectivity index (χ0n) is 33.6. The van der Waals surface area contributed by atoms with Gasteiger partial charge in [0.1, 0.15) is 0 Å². The van der Waals surface area contributed by atoms with Crippen molar-refractivity contribution in [2.24, 2.45) is 0 Å². The molecule has 4 heteroatoms. The first-order valence-electron chi connectivity index (χ1n) is 21.5. The number of rotatable bonds is 34. The Hall–Kier alpha value is -0.680. The summed E-state index contributed by atoms with van der Waals surface area (Å²) in [4.78, 5) is 2.33. The van der Waals surface area contributed by atoms with Crippen molar-refractivity contribution in [3.63, 3.8) is 0 Å². The summed E-state index contributed by atoms with van der Waals surface area (Å²) >= 11 is 0. The predicted molar refractivity (Wildman–Crippen MR) is 215 cm³/mol. The Kier molecular flexibility index (Phi) is 38.6. The fourth-order valence-corrected chi connectivity index (χ4v) is 6.15. The molecule has 1 aliphatic heterocycles. The highest BCUT2D eigenvalue weighted by Crippen LogP contribution is 2.16. The molecule has 286 valence electrons. The van der Waals surface area contributed by atoms with Gasteiger partial charge in [-0.3, -0.25) is 0 Å². The standard InChI is InChI=1S/C39H76O2.C5H12N2/c1-5-7-9-11-13-15-17-19-21-23-25-27-29-31-33-35-37-40-39(3,4)41-38-36-34-32-30-28-26-24-22-20-18-16-14-12-10-8-6-2;1-7-4-2-6-3-5-7/h19-22H,5-18,23-38H2,1-4H3;6H,2-5H2,1H3/b21-19-,22-20-;. The SMILES string of the molecule is CCCCCCCC/C=C\CCCCCCCCOC(C)(C)OCCCCCCCC/C=C\CCCCCCCC.CN1CCNCC1. The van der Waals surface area contributed by atoms with Crippen LogP contribution in [0.4, 0.5) is 0 Å². The maximum absolute atomic E-state index is 6.04. The van der Waals surface area contributed by atoms with Gasteiger partial charge in [0, 0.05) is 39.4 Å². The summed E-state index contributed by atoms with van der Waals surface area (Å²) < 4.78 is 12.1. The molecule has 0 atom stereocenters. The molecule has 0 aromatic heterocycles. The van der Waals surface area contributed by atoms with Crippen LogP contribution in [0, 0.1) is 0 Å². The van der Waals surface area contributed by atoms with Crippen LogP contribution in [0.3, 0.4) is 0 Å². The van der Waals surface area contributed by atoms with E-state index >= 15 is 0 Å². The maximum atomic E-state index is 6.04. The number of nitrogens with zero attached hydrogens (tertiary/aromatic N) is 1. The van der Waals surface area contributed by atoms with Gasteiger partial charge in [-0.05, 0) is 85.1 Å². The van der Waals surface area contributed by atoms with Crippen LogP contribution in [-0.4, -0.2) is 57.1 Å². The quantitative estimate of drug-likeness (QED) is 0.0418. The van der Waals surface area contributed by atoms with E-state index in [2.05, 4.69) is 69.3 Å². The molecule has 0 saturated carbocycles. The minimum absolute atomic E-state index is 0.441. The van der Waals surface area contributed by atoms with Gasteiger partial charge in [0.25, 0.3) is 0 Å². The second-order valence-corrected chi connectivity index (χ2v) is 15.0. The van der Waals surface area contributed by atoms with Crippen molar-refractivity contribution in [1.82, 2.24) is 10.2 Å². The van der Waals surface area contributed by atoms with Gasteiger partial charge in [-0.1, -0.05) is 154 Å². The summed E-state index contributed by atoms with van der Waals surface area (Å²) in [6.45, 7) is 15.1. The minimum atomic E-state index is -0.441. The Morgan fingerprint density at radius 2 is 0.750 bits per heavy atom. The van der Waals surface area contributed by atoms with E-state index < -0.39 is 5.79 Å². The van der Waals surface area contributed by atoms with Gasteiger partial charge < -0.3 is 19.7 Å². The fraction of sp³-hybridized carbons (Fsp3) is 0.909. The van der Waals surface area contributed by atoms with Gasteiger partial charge >= 0.3 is 0 Å². The van der Waals surface area contributed by atoms with Crippen LogP contribution < -0.4 is 5.32 Å². The number of allylic oxidation sites excluding steroid dienone is 4. The summed E-state index contributed by atoms with van der Waals surface area (Å²) in [5.74, 6) is -0.441. The summed E-state index contributed by atoms with van der Waals surface area (Å²) in [6.07, 6.45) is 47.2. The van der Waals surface area contributed by atoms with Gasteiger partial charge in [0.2, 0.25) is 0 Å². The third-order valence-electron chi connectivity index (χ3n) is 9.55. The Morgan fingerprint density at radius 3 is 1.04 bits per heavy atom. The number of hydrogen-bond acceptors (Lipinski definition) is 4. The molecular weight excluding hydrogens is 588 g/mol. The monoisotopic (exact) mass is 677 g/mol. The van der Waals surface area contributed by atoms with Crippen molar-refractivity contribution >= 4 is 0 Å². The highest BCUT2D eigenvalue weighted by atomic mass is 16.7. The molecule has 0 spiro atoms. The molecule has 48 heavy (non-hydrogen) atoms. The maximum Gasteiger partial charge on any atom is 0.162 e. The van der Waals surface area contributed by atoms with Gasteiger partial charge in [-0.15, -0.1) is 0 Å². The third kappa shape index (κ3) is 39.8. The number of unbranched alkanes of at least 4 members (excludes halogenated alkanes) is 24. The second-order valence-electron chi connectivity index (χ2n) is 15.0. The number of hydrogen-bond donors (Lipinski definition) is 1. The third-order valence-corrected chi connectivity index (χ3v) is 9.55. The molecule has 1 rings (SSSR count). The lowest BCUT2D eigenvalue weighted by atomic mass is 10.1.